The molecule has 1 N–H and O–H groups in total. The summed E-state index contributed by atoms with van der Waals surface area (Å²) in [4.78, 5) is 23.6. The van der Waals surface area contributed by atoms with E-state index in [0.717, 1.165) is 4.70 Å². The first-order chi connectivity index (χ1) is 10.9. The molecule has 1 aromatic carbocycles. The molecule has 0 aliphatic heterocycles. The minimum atomic E-state index is -1.01. The molecule has 0 radical (unpaired) electrons. The molecule has 0 saturated heterocycles. The zero-order valence-corrected chi connectivity index (χ0v) is 13.2. The van der Waals surface area contributed by atoms with Crippen LogP contribution in [0.2, 0.25) is 0 Å². The standard InChI is InChI=1S/C16H13FO5S/c1-7(16(19)20)3-10(18)13-4-8-9-5-14(17)22-15(9)11(21-2)6-12(8)23-13/h4-7H,3H2,1-2H3,(H,19,20)/t7-/m1/s1. The van der Waals surface area contributed by atoms with Gasteiger partial charge in [0.1, 0.15) is 0 Å². The first-order valence-corrected chi connectivity index (χ1v) is 7.68. The van der Waals surface area contributed by atoms with Gasteiger partial charge < -0.3 is 14.3 Å². The van der Waals surface area contributed by atoms with Crippen LogP contribution in [0.5, 0.6) is 5.75 Å². The number of halogens is 1. The molecule has 0 unspecified atom stereocenters. The molecule has 1 atom stereocenters. The molecule has 0 fully saturated rings. The Bertz CT molecular complexity index is 923. The molecule has 0 spiro atoms. The predicted octanol–water partition coefficient (Wildman–Crippen LogP) is 4.09. The van der Waals surface area contributed by atoms with Gasteiger partial charge in [0.25, 0.3) is 6.01 Å². The lowest BCUT2D eigenvalue weighted by molar-refractivity contribution is -0.141. The zero-order chi connectivity index (χ0) is 16.7. The molecule has 3 rings (SSSR count). The number of methoxy groups -OCH3 is 1. The second kappa shape index (κ2) is 5.66. The highest BCUT2D eigenvalue weighted by molar-refractivity contribution is 7.21. The fourth-order valence-electron chi connectivity index (χ4n) is 2.41. The number of carboxylic acid groups (broad SMARTS) is 1. The molecule has 0 saturated carbocycles. The molecule has 2 heterocycles. The lowest BCUT2D eigenvalue weighted by Crippen LogP contribution is -2.13. The van der Waals surface area contributed by atoms with Gasteiger partial charge in [-0.05, 0) is 6.07 Å². The summed E-state index contributed by atoms with van der Waals surface area (Å²) in [6.45, 7) is 1.49. The van der Waals surface area contributed by atoms with Gasteiger partial charge in [0.05, 0.1) is 17.9 Å². The molecule has 120 valence electrons. The molecular weight excluding hydrogens is 323 g/mol. The SMILES string of the molecule is COc1cc2sc(C(=O)C[C@@H](C)C(=O)O)cc2c2cc(F)oc12. The number of fused-ring (bicyclic) bond motifs is 3. The monoisotopic (exact) mass is 336 g/mol. The second-order valence-corrected chi connectivity index (χ2v) is 6.34. The molecule has 23 heavy (non-hydrogen) atoms. The molecule has 5 nitrogen and oxygen atoms in total. The summed E-state index contributed by atoms with van der Waals surface area (Å²) >= 11 is 1.23. The predicted molar refractivity (Wildman–Crippen MR) is 83.9 cm³/mol. The maximum atomic E-state index is 13.4. The third-order valence-corrected chi connectivity index (χ3v) is 4.77. The van der Waals surface area contributed by atoms with E-state index < -0.39 is 17.9 Å². The lowest BCUT2D eigenvalue weighted by Gasteiger charge is -2.02. The largest absolute Gasteiger partial charge is 0.493 e. The van der Waals surface area contributed by atoms with Crippen molar-refractivity contribution in [2.45, 2.75) is 13.3 Å². The number of Topliss-reactive ketones (excluding diaryl/α,β-unsaturated/α-hetero) is 1. The van der Waals surface area contributed by atoms with Crippen LogP contribution >= 0.6 is 11.3 Å². The van der Waals surface area contributed by atoms with Crippen molar-refractivity contribution in [3.05, 3.63) is 29.1 Å². The van der Waals surface area contributed by atoms with E-state index in [0.29, 0.717) is 21.4 Å². The first kappa shape index (κ1) is 15.5. The highest BCUT2D eigenvalue weighted by Crippen LogP contribution is 2.39. The fourth-order valence-corrected chi connectivity index (χ4v) is 3.46. The van der Waals surface area contributed by atoms with Crippen LogP contribution in [-0.2, 0) is 4.79 Å². The van der Waals surface area contributed by atoms with Crippen molar-refractivity contribution in [2.75, 3.05) is 7.11 Å². The molecule has 0 bridgehead atoms. The summed E-state index contributed by atoms with van der Waals surface area (Å²) in [5.41, 5.74) is 0.285. The number of rotatable bonds is 5. The Morgan fingerprint density at radius 2 is 2.09 bits per heavy atom. The van der Waals surface area contributed by atoms with E-state index >= 15 is 0 Å². The van der Waals surface area contributed by atoms with E-state index in [1.54, 1.807) is 12.1 Å². The summed E-state index contributed by atoms with van der Waals surface area (Å²) in [7, 11) is 1.45. The smallest absolute Gasteiger partial charge is 0.306 e. The van der Waals surface area contributed by atoms with E-state index in [9.17, 15) is 14.0 Å². The highest BCUT2D eigenvalue weighted by Gasteiger charge is 2.21. The van der Waals surface area contributed by atoms with Crippen molar-refractivity contribution < 1.29 is 28.2 Å². The normalized spacial score (nSPS) is 12.7. The Morgan fingerprint density at radius 1 is 1.35 bits per heavy atom. The van der Waals surface area contributed by atoms with Gasteiger partial charge in [-0.2, -0.15) is 4.39 Å². The van der Waals surface area contributed by atoms with Gasteiger partial charge in [-0.1, -0.05) is 6.92 Å². The van der Waals surface area contributed by atoms with Crippen molar-refractivity contribution in [3.63, 3.8) is 0 Å². The van der Waals surface area contributed by atoms with E-state index in [1.165, 1.54) is 31.4 Å². The third-order valence-electron chi connectivity index (χ3n) is 3.65. The number of carbonyl (C=O) groups is 2. The zero-order valence-electron chi connectivity index (χ0n) is 12.4. The van der Waals surface area contributed by atoms with Crippen molar-refractivity contribution in [1.29, 1.82) is 0 Å². The Morgan fingerprint density at radius 3 is 2.74 bits per heavy atom. The van der Waals surface area contributed by atoms with Crippen LogP contribution < -0.4 is 4.74 Å². The summed E-state index contributed by atoms with van der Waals surface area (Å²) in [6.07, 6.45) is -0.0812. The summed E-state index contributed by atoms with van der Waals surface area (Å²) < 4.78 is 24.4. The molecule has 0 amide bonds. The number of furan rings is 1. The third kappa shape index (κ3) is 2.68. The van der Waals surface area contributed by atoms with Crippen molar-refractivity contribution >= 4 is 44.1 Å². The van der Waals surface area contributed by atoms with Gasteiger partial charge in [-0.25, -0.2) is 0 Å². The molecule has 7 heteroatoms. The number of carbonyl (C=O) groups excluding carboxylic acids is 1. The Hall–Kier alpha value is -2.41. The van der Waals surface area contributed by atoms with E-state index in [-0.39, 0.29) is 17.8 Å². The first-order valence-electron chi connectivity index (χ1n) is 6.86. The number of thiophene rings is 1. The van der Waals surface area contributed by atoms with Crippen molar-refractivity contribution in [3.8, 4) is 5.75 Å². The second-order valence-electron chi connectivity index (χ2n) is 5.26. The molecule has 0 aliphatic rings. The van der Waals surface area contributed by atoms with Crippen LogP contribution in [0.15, 0.2) is 22.6 Å². The van der Waals surface area contributed by atoms with Crippen molar-refractivity contribution in [2.24, 2.45) is 5.92 Å². The van der Waals surface area contributed by atoms with Crippen LogP contribution in [0.4, 0.5) is 4.39 Å². The summed E-state index contributed by atoms with van der Waals surface area (Å²) in [5.74, 6) is -1.64. The fraction of sp³-hybridized carbons (Fsp3) is 0.250. The number of hydrogen-bond acceptors (Lipinski definition) is 5. The minimum Gasteiger partial charge on any atom is -0.493 e. The van der Waals surface area contributed by atoms with Crippen LogP contribution in [0.1, 0.15) is 23.0 Å². The summed E-state index contributed by atoms with van der Waals surface area (Å²) in [5, 5.41) is 10.1. The van der Waals surface area contributed by atoms with Crippen LogP contribution in [0.3, 0.4) is 0 Å². The molecule has 2 aromatic heterocycles. The van der Waals surface area contributed by atoms with E-state index in [1.807, 2.05) is 0 Å². The van der Waals surface area contributed by atoms with Gasteiger partial charge in [0.2, 0.25) is 0 Å². The average molecular weight is 336 g/mol. The number of carboxylic acids is 1. The average Bonchev–Trinajstić information content (AvgIpc) is 3.08. The van der Waals surface area contributed by atoms with Gasteiger partial charge in [-0.3, -0.25) is 9.59 Å². The number of ether oxygens (including phenoxy) is 1. The van der Waals surface area contributed by atoms with Crippen LogP contribution in [0.25, 0.3) is 21.1 Å². The Labute approximate surface area is 134 Å². The van der Waals surface area contributed by atoms with Gasteiger partial charge in [0.15, 0.2) is 17.1 Å². The van der Waals surface area contributed by atoms with E-state index in [4.69, 9.17) is 14.3 Å². The van der Waals surface area contributed by atoms with Crippen LogP contribution in [-0.4, -0.2) is 24.0 Å². The number of ketones is 1. The maximum Gasteiger partial charge on any atom is 0.306 e. The number of hydrogen-bond donors (Lipinski definition) is 1. The van der Waals surface area contributed by atoms with Gasteiger partial charge in [-0.15, -0.1) is 11.3 Å². The quantitative estimate of drug-likeness (QED) is 0.710. The van der Waals surface area contributed by atoms with Crippen molar-refractivity contribution in [1.82, 2.24) is 0 Å². The molecule has 3 aromatic rings. The summed E-state index contributed by atoms with van der Waals surface area (Å²) in [6, 6.07) is 3.85. The Kier molecular flexibility index (Phi) is 3.81. The van der Waals surface area contributed by atoms with E-state index in [2.05, 4.69) is 0 Å². The highest BCUT2D eigenvalue weighted by atomic mass is 32.1. The lowest BCUT2D eigenvalue weighted by atomic mass is 10.0. The molecular formula is C16H13FO5S. The molecule has 0 aliphatic carbocycles. The number of aliphatic carboxylic acids is 1. The topological polar surface area (TPSA) is 76.7 Å². The Balaban J connectivity index is 2.10. The minimum absolute atomic E-state index is 0.0812. The van der Waals surface area contributed by atoms with Gasteiger partial charge in [0, 0.05) is 34.0 Å². The number of benzene rings is 1. The maximum absolute atomic E-state index is 13.4. The van der Waals surface area contributed by atoms with Gasteiger partial charge >= 0.3 is 5.97 Å². The van der Waals surface area contributed by atoms with Crippen LogP contribution in [0, 0.1) is 11.9 Å².